The Kier molecular flexibility index (Phi) is 15.2. The normalized spacial score (nSPS) is 16.7. The molecule has 14 nitrogen and oxygen atoms in total. The number of H-pyrrole nitrogens is 1. The van der Waals surface area contributed by atoms with E-state index in [4.69, 9.17) is 19.4 Å². The number of rotatable bonds is 13. The van der Waals surface area contributed by atoms with Gasteiger partial charge in [0.05, 0.1) is 50.1 Å². The molecular weight excluding hydrogens is 833 g/mol. The number of benzene rings is 4. The van der Waals surface area contributed by atoms with Crippen molar-refractivity contribution in [2.24, 2.45) is 5.92 Å². The molecule has 4 atom stereocenters. The highest BCUT2D eigenvalue weighted by atomic mass is 16.5. The van der Waals surface area contributed by atoms with Crippen molar-refractivity contribution in [2.75, 3.05) is 27.3 Å². The first kappa shape index (κ1) is 47.0. The zero-order chi connectivity index (χ0) is 46.9. The lowest BCUT2D eigenvalue weighted by atomic mass is 9.98. The number of methoxy groups -OCH3 is 2. The van der Waals surface area contributed by atoms with E-state index in [0.717, 1.165) is 87.3 Å². The molecule has 2 aliphatic rings. The Balaban J connectivity index is 0.00000320. The van der Waals surface area contributed by atoms with Crippen molar-refractivity contribution in [2.45, 2.75) is 97.4 Å². The third-order valence-corrected chi connectivity index (χ3v) is 12.6. The second-order valence-electron chi connectivity index (χ2n) is 16.9. The lowest BCUT2D eigenvalue weighted by Crippen LogP contribution is -2.51. The SMILES string of the molecule is CC.CCn1c(-c2ccc(-c3ccc4cc(-c5cnc([C@@H]6CCCN6C(=O)[C@@H](NC(=O)OC)C(C)C)[nH]5)ccc4c3)cc2)cnc1[C@@H]1CCCN1C(=O)[C@H](Cc1ccccc1)NC(=O)OC. The number of amides is 4. The summed E-state index contributed by atoms with van der Waals surface area (Å²) in [5, 5.41) is 7.68. The number of carbonyl (C=O) groups is 4. The van der Waals surface area contributed by atoms with E-state index in [2.05, 4.69) is 87.8 Å². The molecule has 2 fully saturated rings. The largest absolute Gasteiger partial charge is 0.453 e. The fourth-order valence-corrected chi connectivity index (χ4v) is 9.24. The number of carbonyl (C=O) groups excluding carboxylic acids is 4. The molecule has 2 saturated heterocycles. The summed E-state index contributed by atoms with van der Waals surface area (Å²) < 4.78 is 11.9. The third kappa shape index (κ3) is 10.1. The van der Waals surface area contributed by atoms with Crippen molar-refractivity contribution in [1.29, 1.82) is 0 Å². The highest BCUT2D eigenvalue weighted by Gasteiger charge is 2.39. The van der Waals surface area contributed by atoms with Crippen LogP contribution in [-0.2, 0) is 32.0 Å². The average Bonchev–Trinajstić information content (AvgIpc) is 4.20. The van der Waals surface area contributed by atoms with Gasteiger partial charge >= 0.3 is 12.2 Å². The Morgan fingerprint density at radius 2 is 1.30 bits per heavy atom. The van der Waals surface area contributed by atoms with E-state index >= 15 is 0 Å². The Bertz CT molecular complexity index is 2620. The van der Waals surface area contributed by atoms with Gasteiger partial charge in [0.1, 0.15) is 23.7 Å². The van der Waals surface area contributed by atoms with Crippen molar-refractivity contribution in [3.05, 3.63) is 121 Å². The number of nitrogens with zero attached hydrogens (tertiary/aromatic N) is 5. The maximum atomic E-state index is 14.1. The van der Waals surface area contributed by atoms with Gasteiger partial charge in [0.25, 0.3) is 0 Å². The number of likely N-dealkylation sites (tertiary alicyclic amines) is 2. The number of alkyl carbamates (subject to hydrolysis) is 2. The van der Waals surface area contributed by atoms with Crippen LogP contribution in [0.5, 0.6) is 0 Å². The summed E-state index contributed by atoms with van der Waals surface area (Å²) in [6.07, 6.45) is 6.06. The molecule has 0 radical (unpaired) electrons. The minimum atomic E-state index is -0.772. The number of fused-ring (bicyclic) bond motifs is 1. The van der Waals surface area contributed by atoms with Gasteiger partial charge in [-0.2, -0.15) is 0 Å². The molecule has 8 rings (SSSR count). The first-order valence-electron chi connectivity index (χ1n) is 23.2. The van der Waals surface area contributed by atoms with Gasteiger partial charge in [0.2, 0.25) is 11.8 Å². The molecule has 346 valence electrons. The molecular formula is C52H62N8O6. The molecule has 4 heterocycles. The van der Waals surface area contributed by atoms with Crippen LogP contribution in [0, 0.1) is 5.92 Å². The second-order valence-corrected chi connectivity index (χ2v) is 16.9. The van der Waals surface area contributed by atoms with Crippen LogP contribution >= 0.6 is 0 Å². The van der Waals surface area contributed by atoms with Gasteiger partial charge < -0.3 is 39.5 Å². The van der Waals surface area contributed by atoms with Crippen LogP contribution in [0.4, 0.5) is 9.59 Å². The van der Waals surface area contributed by atoms with Gasteiger partial charge in [-0.05, 0) is 83.7 Å². The number of hydrogen-bond acceptors (Lipinski definition) is 8. The summed E-state index contributed by atoms with van der Waals surface area (Å²) in [6, 6.07) is 29.1. The minimum absolute atomic E-state index is 0.108. The number of nitrogens with one attached hydrogen (secondary N) is 3. The van der Waals surface area contributed by atoms with Crippen LogP contribution in [0.3, 0.4) is 0 Å². The first-order chi connectivity index (χ1) is 32.1. The van der Waals surface area contributed by atoms with Gasteiger partial charge in [-0.15, -0.1) is 0 Å². The number of aromatic nitrogens is 4. The number of imidazole rings is 2. The minimum Gasteiger partial charge on any atom is -0.453 e. The van der Waals surface area contributed by atoms with Crippen molar-refractivity contribution < 1.29 is 28.7 Å². The second kappa shape index (κ2) is 21.4. The fraction of sp³-hybridized carbons (Fsp3) is 0.385. The van der Waals surface area contributed by atoms with Crippen molar-refractivity contribution in [3.8, 4) is 33.6 Å². The number of hydrogen-bond donors (Lipinski definition) is 3. The van der Waals surface area contributed by atoms with Crippen molar-refractivity contribution in [1.82, 2.24) is 40.0 Å². The topological polar surface area (TPSA) is 164 Å². The summed E-state index contributed by atoms with van der Waals surface area (Å²) >= 11 is 0. The van der Waals surface area contributed by atoms with Gasteiger partial charge in [0, 0.05) is 31.6 Å². The molecule has 14 heteroatoms. The zero-order valence-electron chi connectivity index (χ0n) is 39.0. The molecule has 6 aromatic rings. The Labute approximate surface area is 387 Å². The number of aromatic amines is 1. The molecule has 3 N–H and O–H groups in total. The number of ether oxygens (including phenoxy) is 2. The van der Waals surface area contributed by atoms with Gasteiger partial charge in [0.15, 0.2) is 0 Å². The maximum absolute atomic E-state index is 14.1. The molecule has 2 aromatic heterocycles. The predicted molar refractivity (Wildman–Crippen MR) is 256 cm³/mol. The van der Waals surface area contributed by atoms with E-state index in [0.29, 0.717) is 26.1 Å². The van der Waals surface area contributed by atoms with Crippen LogP contribution in [0.15, 0.2) is 103 Å². The lowest BCUT2D eigenvalue weighted by molar-refractivity contribution is -0.135. The Hall–Kier alpha value is -6.96. The van der Waals surface area contributed by atoms with Crippen molar-refractivity contribution in [3.63, 3.8) is 0 Å². The van der Waals surface area contributed by atoms with E-state index in [1.165, 1.54) is 14.2 Å². The monoisotopic (exact) mass is 894 g/mol. The summed E-state index contributed by atoms with van der Waals surface area (Å²) in [7, 11) is 2.60. The van der Waals surface area contributed by atoms with E-state index in [-0.39, 0.29) is 29.8 Å². The fourth-order valence-electron chi connectivity index (χ4n) is 9.24. The summed E-state index contributed by atoms with van der Waals surface area (Å²) in [6.45, 7) is 11.8. The van der Waals surface area contributed by atoms with E-state index in [1.807, 2.05) is 80.2 Å². The molecule has 0 saturated carbocycles. The molecule has 2 aliphatic heterocycles. The highest BCUT2D eigenvalue weighted by molar-refractivity contribution is 5.91. The van der Waals surface area contributed by atoms with E-state index < -0.39 is 24.3 Å². The van der Waals surface area contributed by atoms with Crippen molar-refractivity contribution >= 4 is 34.8 Å². The molecule has 0 bridgehead atoms. The smallest absolute Gasteiger partial charge is 0.407 e. The zero-order valence-corrected chi connectivity index (χ0v) is 39.0. The molecule has 0 spiro atoms. The van der Waals surface area contributed by atoms with Crippen LogP contribution in [0.2, 0.25) is 0 Å². The quantitative estimate of drug-likeness (QED) is 0.103. The maximum Gasteiger partial charge on any atom is 0.407 e. The van der Waals surface area contributed by atoms with E-state index in [9.17, 15) is 19.2 Å². The predicted octanol–water partition coefficient (Wildman–Crippen LogP) is 9.48. The highest BCUT2D eigenvalue weighted by Crippen LogP contribution is 2.37. The third-order valence-electron chi connectivity index (χ3n) is 12.6. The summed E-state index contributed by atoms with van der Waals surface area (Å²) in [5.41, 5.74) is 7.00. The molecule has 66 heavy (non-hydrogen) atoms. The molecule has 0 unspecified atom stereocenters. The Morgan fingerprint density at radius 3 is 1.95 bits per heavy atom. The molecule has 4 amide bonds. The van der Waals surface area contributed by atoms with Gasteiger partial charge in [-0.3, -0.25) is 9.59 Å². The molecule has 0 aliphatic carbocycles. The summed E-state index contributed by atoms with van der Waals surface area (Å²) in [4.78, 5) is 68.9. The molecule has 4 aromatic carbocycles. The van der Waals surface area contributed by atoms with Crippen LogP contribution < -0.4 is 10.6 Å². The average molecular weight is 895 g/mol. The lowest BCUT2D eigenvalue weighted by Gasteiger charge is -2.30. The standard InChI is InChI=1S/C50H56N8O6.C2H6/c1-6-56-43(30-52-46(56)42-15-11-25-58(42)47(59)39(54-49(61)63-4)26-32-12-8-7-9-13-32)34-18-16-33(17-19-34)35-20-21-37-28-38(23-22-36(37)27-35)40-29-51-45(53-40)41-14-10-24-57(41)48(60)44(31(2)3)55-50(62)64-5;1-2/h7-9,12-13,16-23,27-31,39,41-42,44H,6,10-11,14-15,24-26H2,1-5H3,(H,51,53)(H,54,61)(H,55,62);1-2H3/t39-,41-,42-,44-;/m0./s1. The van der Waals surface area contributed by atoms with Crippen LogP contribution in [0.1, 0.15) is 89.6 Å². The summed E-state index contributed by atoms with van der Waals surface area (Å²) in [5.74, 6) is 1.17. The van der Waals surface area contributed by atoms with Crippen LogP contribution in [0.25, 0.3) is 44.4 Å². The van der Waals surface area contributed by atoms with Gasteiger partial charge in [-0.25, -0.2) is 19.6 Å². The Morgan fingerprint density at radius 1 is 0.712 bits per heavy atom. The van der Waals surface area contributed by atoms with Crippen LogP contribution in [-0.4, -0.2) is 92.7 Å². The van der Waals surface area contributed by atoms with Gasteiger partial charge in [-0.1, -0.05) is 107 Å². The first-order valence-corrected chi connectivity index (χ1v) is 23.2. The van der Waals surface area contributed by atoms with E-state index in [1.54, 1.807) is 0 Å².